The smallest absolute Gasteiger partial charge is 0.306 e. The third-order valence-electron chi connectivity index (χ3n) is 2.57. The molecule has 19 heavy (non-hydrogen) atoms. The van der Waals surface area contributed by atoms with Crippen molar-refractivity contribution >= 4 is 29.3 Å². The van der Waals surface area contributed by atoms with Crippen LogP contribution in [-0.4, -0.2) is 30.5 Å². The van der Waals surface area contributed by atoms with Crippen LogP contribution >= 0.6 is 11.8 Å². The number of esters is 1. The molecule has 0 saturated heterocycles. The predicted octanol–water partition coefficient (Wildman–Crippen LogP) is 2.54. The summed E-state index contributed by atoms with van der Waals surface area (Å²) < 4.78 is 4.53. The van der Waals surface area contributed by atoms with E-state index in [0.717, 1.165) is 11.3 Å². The summed E-state index contributed by atoms with van der Waals surface area (Å²) in [6, 6.07) is 5.90. The number of benzene rings is 1. The number of thioether (sulfide) groups is 1. The molecule has 4 nitrogen and oxygen atoms in total. The highest BCUT2D eigenvalue weighted by molar-refractivity contribution is 7.99. The molecule has 0 aliphatic carbocycles. The van der Waals surface area contributed by atoms with E-state index in [1.54, 1.807) is 0 Å². The average Bonchev–Trinajstić information content (AvgIpc) is 2.37. The minimum Gasteiger partial charge on any atom is -0.469 e. The van der Waals surface area contributed by atoms with Crippen molar-refractivity contribution in [3.8, 4) is 0 Å². The van der Waals surface area contributed by atoms with Crippen LogP contribution in [0.5, 0.6) is 0 Å². The summed E-state index contributed by atoms with van der Waals surface area (Å²) in [6.45, 7) is 3.98. The van der Waals surface area contributed by atoms with E-state index in [4.69, 9.17) is 0 Å². The Kier molecular flexibility index (Phi) is 6.42. The summed E-state index contributed by atoms with van der Waals surface area (Å²) in [5, 5.41) is 2.86. The molecular weight excluding hydrogens is 262 g/mol. The first-order chi connectivity index (χ1) is 9.02. The van der Waals surface area contributed by atoms with Crippen LogP contribution in [0.1, 0.15) is 17.5 Å². The highest BCUT2D eigenvalue weighted by Gasteiger charge is 2.06. The molecule has 0 bridgehead atoms. The lowest BCUT2D eigenvalue weighted by molar-refractivity contribution is -0.140. The maximum absolute atomic E-state index is 11.7. The van der Waals surface area contributed by atoms with Gasteiger partial charge >= 0.3 is 5.97 Å². The second kappa shape index (κ2) is 7.84. The van der Waals surface area contributed by atoms with Crippen LogP contribution in [0.15, 0.2) is 18.2 Å². The molecule has 1 aromatic rings. The summed E-state index contributed by atoms with van der Waals surface area (Å²) in [6.07, 6.45) is 0.331. The second-order valence-corrected chi connectivity index (χ2v) is 5.35. The van der Waals surface area contributed by atoms with Crippen molar-refractivity contribution in [2.75, 3.05) is 23.9 Å². The minimum absolute atomic E-state index is 0.0539. The Morgan fingerprint density at radius 3 is 2.68 bits per heavy atom. The number of hydrogen-bond acceptors (Lipinski definition) is 4. The zero-order chi connectivity index (χ0) is 14.3. The zero-order valence-electron chi connectivity index (χ0n) is 11.5. The van der Waals surface area contributed by atoms with Gasteiger partial charge < -0.3 is 10.1 Å². The molecule has 1 amide bonds. The van der Waals surface area contributed by atoms with Crippen molar-refractivity contribution in [2.45, 2.75) is 20.3 Å². The third kappa shape index (κ3) is 5.79. The van der Waals surface area contributed by atoms with Crippen LogP contribution < -0.4 is 5.32 Å². The fourth-order valence-corrected chi connectivity index (χ4v) is 2.28. The second-order valence-electron chi connectivity index (χ2n) is 4.25. The van der Waals surface area contributed by atoms with Crippen LogP contribution in [-0.2, 0) is 14.3 Å². The number of hydrogen-bond donors (Lipinski definition) is 1. The maximum Gasteiger partial charge on any atom is 0.306 e. The van der Waals surface area contributed by atoms with E-state index in [2.05, 4.69) is 10.1 Å². The SMILES string of the molecule is COC(=O)CCSCC(=O)Nc1ccc(C)cc1C. The Hall–Kier alpha value is -1.49. The van der Waals surface area contributed by atoms with Gasteiger partial charge in [0.15, 0.2) is 0 Å². The van der Waals surface area contributed by atoms with Gasteiger partial charge in [-0.1, -0.05) is 17.7 Å². The summed E-state index contributed by atoms with van der Waals surface area (Å²) in [5.41, 5.74) is 3.06. The van der Waals surface area contributed by atoms with Crippen LogP contribution in [0.25, 0.3) is 0 Å². The lowest BCUT2D eigenvalue weighted by Gasteiger charge is -2.08. The molecule has 0 saturated carbocycles. The number of methoxy groups -OCH3 is 1. The molecule has 104 valence electrons. The molecule has 0 unspecified atom stereocenters. The van der Waals surface area contributed by atoms with E-state index in [1.807, 2.05) is 32.0 Å². The first-order valence-corrected chi connectivity index (χ1v) is 7.20. The number of rotatable bonds is 6. The van der Waals surface area contributed by atoms with E-state index in [9.17, 15) is 9.59 Å². The number of nitrogens with one attached hydrogen (secondary N) is 1. The first kappa shape index (κ1) is 15.6. The number of carbonyl (C=O) groups is 2. The van der Waals surface area contributed by atoms with Gasteiger partial charge in [0.05, 0.1) is 19.3 Å². The Balaban J connectivity index is 2.33. The van der Waals surface area contributed by atoms with Crippen molar-refractivity contribution in [3.63, 3.8) is 0 Å². The van der Waals surface area contributed by atoms with Crippen LogP contribution in [0.4, 0.5) is 5.69 Å². The highest BCUT2D eigenvalue weighted by Crippen LogP contribution is 2.16. The first-order valence-electron chi connectivity index (χ1n) is 6.04. The van der Waals surface area contributed by atoms with Crippen LogP contribution in [0, 0.1) is 13.8 Å². The maximum atomic E-state index is 11.7. The summed E-state index contributed by atoms with van der Waals surface area (Å²) in [4.78, 5) is 22.6. The molecule has 0 aliphatic rings. The molecule has 0 fully saturated rings. The summed E-state index contributed by atoms with van der Waals surface area (Å²) in [5.74, 6) is 0.626. The van der Waals surface area contributed by atoms with Crippen LogP contribution in [0.2, 0.25) is 0 Å². The fraction of sp³-hybridized carbons (Fsp3) is 0.429. The van der Waals surface area contributed by atoms with E-state index in [1.165, 1.54) is 24.4 Å². The van der Waals surface area contributed by atoms with Gasteiger partial charge in [-0.15, -0.1) is 0 Å². The largest absolute Gasteiger partial charge is 0.469 e. The lowest BCUT2D eigenvalue weighted by atomic mass is 10.1. The van der Waals surface area contributed by atoms with Gasteiger partial charge in [0.1, 0.15) is 0 Å². The van der Waals surface area contributed by atoms with Gasteiger partial charge in [0, 0.05) is 11.4 Å². The summed E-state index contributed by atoms with van der Waals surface area (Å²) >= 11 is 1.42. The van der Waals surface area contributed by atoms with Gasteiger partial charge in [-0.2, -0.15) is 11.8 Å². The molecule has 0 aliphatic heterocycles. The van der Waals surface area contributed by atoms with Gasteiger partial charge in [0.2, 0.25) is 5.91 Å². The van der Waals surface area contributed by atoms with Crippen molar-refractivity contribution in [1.29, 1.82) is 0 Å². The molecule has 1 aromatic carbocycles. The van der Waals surface area contributed by atoms with Gasteiger partial charge in [-0.05, 0) is 25.5 Å². The van der Waals surface area contributed by atoms with Crippen molar-refractivity contribution < 1.29 is 14.3 Å². The van der Waals surface area contributed by atoms with E-state index in [0.29, 0.717) is 17.9 Å². The average molecular weight is 281 g/mol. The monoisotopic (exact) mass is 281 g/mol. The Morgan fingerprint density at radius 1 is 1.32 bits per heavy atom. The Bertz CT molecular complexity index is 460. The molecule has 1 rings (SSSR count). The van der Waals surface area contributed by atoms with Gasteiger partial charge in [-0.3, -0.25) is 9.59 Å². The van der Waals surface area contributed by atoms with Crippen LogP contribution in [0.3, 0.4) is 0 Å². The van der Waals surface area contributed by atoms with Crippen molar-refractivity contribution in [2.24, 2.45) is 0 Å². The van der Waals surface area contributed by atoms with Crippen molar-refractivity contribution in [1.82, 2.24) is 0 Å². The molecule has 5 heteroatoms. The third-order valence-corrected chi connectivity index (χ3v) is 3.53. The number of amides is 1. The standard InChI is InChI=1S/C14H19NO3S/c1-10-4-5-12(11(2)8-10)15-13(16)9-19-7-6-14(17)18-3/h4-5,8H,6-7,9H2,1-3H3,(H,15,16). The number of ether oxygens (including phenoxy) is 1. The molecule has 0 heterocycles. The molecular formula is C14H19NO3S. The highest BCUT2D eigenvalue weighted by atomic mass is 32.2. The molecule has 0 aromatic heterocycles. The zero-order valence-corrected chi connectivity index (χ0v) is 12.3. The van der Waals surface area contributed by atoms with E-state index in [-0.39, 0.29) is 11.9 Å². The molecule has 1 N–H and O–H groups in total. The molecule has 0 atom stereocenters. The topological polar surface area (TPSA) is 55.4 Å². The molecule has 0 spiro atoms. The molecule has 0 radical (unpaired) electrons. The van der Waals surface area contributed by atoms with Gasteiger partial charge in [0.25, 0.3) is 0 Å². The minimum atomic E-state index is -0.248. The quantitative estimate of drug-likeness (QED) is 0.643. The Labute approximate surface area is 117 Å². The van der Waals surface area contributed by atoms with Gasteiger partial charge in [-0.25, -0.2) is 0 Å². The summed E-state index contributed by atoms with van der Waals surface area (Å²) in [7, 11) is 1.36. The number of carbonyl (C=O) groups excluding carboxylic acids is 2. The number of anilines is 1. The predicted molar refractivity (Wildman–Crippen MR) is 78.5 cm³/mol. The normalized spacial score (nSPS) is 10.1. The van der Waals surface area contributed by atoms with E-state index >= 15 is 0 Å². The van der Waals surface area contributed by atoms with Crippen molar-refractivity contribution in [3.05, 3.63) is 29.3 Å². The lowest BCUT2D eigenvalue weighted by Crippen LogP contribution is -2.15. The fourth-order valence-electron chi connectivity index (χ4n) is 1.56. The van der Waals surface area contributed by atoms with E-state index < -0.39 is 0 Å². The Morgan fingerprint density at radius 2 is 2.05 bits per heavy atom. The number of aryl methyl sites for hydroxylation is 2.